The Morgan fingerprint density at radius 1 is 1.52 bits per heavy atom. The minimum Gasteiger partial charge on any atom is -0.398 e. The number of hydrogen-bond donors (Lipinski definition) is 1. The Bertz CT molecular complexity index is 695. The van der Waals surface area contributed by atoms with Crippen LogP contribution in [-0.2, 0) is 13.6 Å². The quantitative estimate of drug-likeness (QED) is 0.516. The lowest BCUT2D eigenvalue weighted by Gasteiger charge is -2.17. The molecule has 1 amide bonds. The van der Waals surface area contributed by atoms with Crippen molar-refractivity contribution in [2.45, 2.75) is 6.54 Å². The molecule has 0 unspecified atom stereocenters. The number of nitrogens with two attached hydrogens (primary N) is 1. The predicted octanol–water partition coefficient (Wildman–Crippen LogP) is 1.18. The van der Waals surface area contributed by atoms with Gasteiger partial charge in [-0.2, -0.15) is 0 Å². The molecule has 8 nitrogen and oxygen atoms in total. The molecule has 0 aliphatic heterocycles. The molecule has 2 rings (SSSR count). The third-order valence-electron chi connectivity index (χ3n) is 3.12. The lowest BCUT2D eigenvalue weighted by molar-refractivity contribution is -0.384. The molecule has 21 heavy (non-hydrogen) atoms. The van der Waals surface area contributed by atoms with Crippen molar-refractivity contribution in [3.8, 4) is 0 Å². The zero-order valence-electron chi connectivity index (χ0n) is 11.7. The van der Waals surface area contributed by atoms with Gasteiger partial charge >= 0.3 is 0 Å². The summed E-state index contributed by atoms with van der Waals surface area (Å²) in [5.41, 5.74) is 5.89. The number of non-ortho nitro benzene ring substituents is 1. The number of anilines is 1. The molecular formula is C13H15N5O3. The van der Waals surface area contributed by atoms with Gasteiger partial charge in [-0.25, -0.2) is 4.98 Å². The average Bonchev–Trinajstić information content (AvgIpc) is 2.83. The molecule has 0 radical (unpaired) electrons. The van der Waals surface area contributed by atoms with Crippen molar-refractivity contribution in [3.63, 3.8) is 0 Å². The Hall–Kier alpha value is -2.90. The summed E-state index contributed by atoms with van der Waals surface area (Å²) >= 11 is 0. The zero-order valence-corrected chi connectivity index (χ0v) is 11.7. The maximum atomic E-state index is 12.4. The topological polar surface area (TPSA) is 107 Å². The molecule has 0 spiro atoms. The second-order valence-corrected chi connectivity index (χ2v) is 4.64. The number of rotatable bonds is 4. The van der Waals surface area contributed by atoms with Crippen LogP contribution in [0.25, 0.3) is 0 Å². The van der Waals surface area contributed by atoms with Gasteiger partial charge in [0.05, 0.1) is 17.0 Å². The van der Waals surface area contributed by atoms with Crippen molar-refractivity contribution in [2.24, 2.45) is 7.05 Å². The number of carbonyl (C=O) groups is 1. The van der Waals surface area contributed by atoms with E-state index in [0.717, 1.165) is 0 Å². The second kappa shape index (κ2) is 5.61. The van der Waals surface area contributed by atoms with E-state index in [0.29, 0.717) is 5.82 Å². The number of nitrogen functional groups attached to an aromatic ring is 1. The Labute approximate surface area is 121 Å². The third-order valence-corrected chi connectivity index (χ3v) is 3.12. The van der Waals surface area contributed by atoms with Crippen LogP contribution in [0, 0.1) is 10.1 Å². The Morgan fingerprint density at radius 2 is 2.24 bits per heavy atom. The number of aromatic nitrogens is 2. The molecule has 8 heteroatoms. The molecular weight excluding hydrogens is 274 g/mol. The van der Waals surface area contributed by atoms with E-state index in [1.54, 1.807) is 24.0 Å². The smallest absolute Gasteiger partial charge is 0.270 e. The second-order valence-electron chi connectivity index (χ2n) is 4.64. The van der Waals surface area contributed by atoms with Crippen LogP contribution >= 0.6 is 0 Å². The van der Waals surface area contributed by atoms with Crippen molar-refractivity contribution in [1.29, 1.82) is 0 Å². The van der Waals surface area contributed by atoms with Crippen LogP contribution in [-0.4, -0.2) is 32.3 Å². The predicted molar refractivity (Wildman–Crippen MR) is 76.5 cm³/mol. The largest absolute Gasteiger partial charge is 0.398 e. The fourth-order valence-corrected chi connectivity index (χ4v) is 1.88. The summed E-state index contributed by atoms with van der Waals surface area (Å²) in [6.45, 7) is 0.282. The number of aryl methyl sites for hydroxylation is 1. The van der Waals surface area contributed by atoms with E-state index in [1.165, 1.54) is 23.1 Å². The van der Waals surface area contributed by atoms with Crippen LogP contribution in [0.5, 0.6) is 0 Å². The molecule has 0 bridgehead atoms. The fourth-order valence-electron chi connectivity index (χ4n) is 1.88. The number of benzene rings is 1. The van der Waals surface area contributed by atoms with Gasteiger partial charge in [-0.1, -0.05) is 0 Å². The highest BCUT2D eigenvalue weighted by molar-refractivity contribution is 5.99. The van der Waals surface area contributed by atoms with Crippen LogP contribution in [0.15, 0.2) is 30.6 Å². The van der Waals surface area contributed by atoms with Gasteiger partial charge in [-0.3, -0.25) is 14.9 Å². The standard InChI is InChI=1S/C13H15N5O3/c1-16-6-5-15-12(16)8-17(2)13(19)10-7-9(18(20)21)3-4-11(10)14/h3-7H,8,14H2,1-2H3. The molecule has 1 aromatic carbocycles. The van der Waals surface area contributed by atoms with Crippen molar-refractivity contribution in [3.05, 3.63) is 52.1 Å². The van der Waals surface area contributed by atoms with Crippen LogP contribution in [0.3, 0.4) is 0 Å². The van der Waals surface area contributed by atoms with E-state index in [2.05, 4.69) is 4.98 Å². The molecule has 0 saturated carbocycles. The third kappa shape index (κ3) is 2.99. The summed E-state index contributed by atoms with van der Waals surface area (Å²) in [6.07, 6.45) is 3.41. The maximum absolute atomic E-state index is 12.4. The van der Waals surface area contributed by atoms with Gasteiger partial charge in [-0.05, 0) is 6.07 Å². The minimum atomic E-state index is -0.561. The maximum Gasteiger partial charge on any atom is 0.270 e. The van der Waals surface area contributed by atoms with Gasteiger partial charge in [0.1, 0.15) is 5.82 Å². The molecule has 2 aromatic rings. The number of carbonyl (C=O) groups excluding carboxylic acids is 1. The van der Waals surface area contributed by atoms with Gasteiger partial charge in [0.25, 0.3) is 11.6 Å². The number of imidazole rings is 1. The summed E-state index contributed by atoms with van der Waals surface area (Å²) in [7, 11) is 3.41. The van der Waals surface area contributed by atoms with Crippen molar-refractivity contribution < 1.29 is 9.72 Å². The summed E-state index contributed by atoms with van der Waals surface area (Å²) < 4.78 is 1.79. The molecule has 1 heterocycles. The molecule has 2 N–H and O–H groups in total. The SMILES string of the molecule is CN(Cc1nccn1C)C(=O)c1cc([N+](=O)[O-])ccc1N. The summed E-state index contributed by atoms with van der Waals surface area (Å²) in [5, 5.41) is 10.8. The summed E-state index contributed by atoms with van der Waals surface area (Å²) in [5.74, 6) is 0.314. The van der Waals surface area contributed by atoms with Gasteiger partial charge < -0.3 is 15.2 Å². The number of nitro benzene ring substituents is 1. The van der Waals surface area contributed by atoms with Crippen LogP contribution in [0.2, 0.25) is 0 Å². The number of hydrogen-bond acceptors (Lipinski definition) is 5. The fraction of sp³-hybridized carbons (Fsp3) is 0.231. The van der Waals surface area contributed by atoms with Crippen LogP contribution in [0.4, 0.5) is 11.4 Å². The number of nitrogens with zero attached hydrogens (tertiary/aromatic N) is 4. The number of nitro groups is 1. The first kappa shape index (κ1) is 14.5. The highest BCUT2D eigenvalue weighted by Crippen LogP contribution is 2.21. The first-order valence-electron chi connectivity index (χ1n) is 6.15. The van der Waals surface area contributed by atoms with E-state index in [1.807, 2.05) is 7.05 Å². The first-order valence-corrected chi connectivity index (χ1v) is 6.15. The summed E-state index contributed by atoms with van der Waals surface area (Å²) in [4.78, 5) is 28.1. The van der Waals surface area contributed by atoms with E-state index in [-0.39, 0.29) is 29.4 Å². The van der Waals surface area contributed by atoms with E-state index in [9.17, 15) is 14.9 Å². The zero-order chi connectivity index (χ0) is 15.6. The van der Waals surface area contributed by atoms with Crippen molar-refractivity contribution in [1.82, 2.24) is 14.5 Å². The van der Waals surface area contributed by atoms with Crippen LogP contribution < -0.4 is 5.73 Å². The molecule has 1 aromatic heterocycles. The molecule has 0 saturated heterocycles. The van der Waals surface area contributed by atoms with E-state index >= 15 is 0 Å². The van der Waals surface area contributed by atoms with Gasteiger partial charge in [0.2, 0.25) is 0 Å². The molecule has 0 aliphatic carbocycles. The molecule has 0 atom stereocenters. The monoisotopic (exact) mass is 289 g/mol. The van der Waals surface area contributed by atoms with Gasteiger partial charge in [0, 0.05) is 44.3 Å². The molecule has 110 valence electrons. The van der Waals surface area contributed by atoms with Crippen LogP contribution in [0.1, 0.15) is 16.2 Å². The first-order chi connectivity index (χ1) is 9.90. The highest BCUT2D eigenvalue weighted by atomic mass is 16.6. The van der Waals surface area contributed by atoms with Gasteiger partial charge in [0.15, 0.2) is 0 Å². The number of amides is 1. The lowest BCUT2D eigenvalue weighted by atomic mass is 10.1. The van der Waals surface area contributed by atoms with E-state index in [4.69, 9.17) is 5.73 Å². The Kier molecular flexibility index (Phi) is 3.88. The highest BCUT2D eigenvalue weighted by Gasteiger charge is 2.19. The van der Waals surface area contributed by atoms with E-state index < -0.39 is 4.92 Å². The minimum absolute atomic E-state index is 0.112. The van der Waals surface area contributed by atoms with Crippen molar-refractivity contribution in [2.75, 3.05) is 12.8 Å². The molecule has 0 fully saturated rings. The lowest BCUT2D eigenvalue weighted by Crippen LogP contribution is -2.28. The van der Waals surface area contributed by atoms with Gasteiger partial charge in [-0.15, -0.1) is 0 Å². The molecule has 0 aliphatic rings. The Morgan fingerprint density at radius 3 is 2.81 bits per heavy atom. The normalized spacial score (nSPS) is 10.4. The van der Waals surface area contributed by atoms with Crippen molar-refractivity contribution >= 4 is 17.3 Å². The Balaban J connectivity index is 2.25. The summed E-state index contributed by atoms with van der Waals surface area (Å²) in [6, 6.07) is 3.82. The average molecular weight is 289 g/mol.